The maximum absolute atomic E-state index is 9.96. The van der Waals surface area contributed by atoms with E-state index in [0.717, 1.165) is 45.4 Å². The molecule has 21 heavy (non-hydrogen) atoms. The Morgan fingerprint density at radius 3 is 2.81 bits per heavy atom. The number of aryl methyl sites for hydroxylation is 1. The Kier molecular flexibility index (Phi) is 3.72. The van der Waals surface area contributed by atoms with E-state index < -0.39 is 0 Å². The molecule has 1 heterocycles. The molecule has 0 saturated carbocycles. The highest BCUT2D eigenvalue weighted by Gasteiger charge is 2.15. The van der Waals surface area contributed by atoms with Crippen LogP contribution in [0.1, 0.15) is 18.9 Å². The molecule has 4 heteroatoms. The zero-order valence-electron chi connectivity index (χ0n) is 12.1. The molecular formula is C17H17BrN2O. The van der Waals surface area contributed by atoms with E-state index >= 15 is 0 Å². The number of hydrogen-bond acceptors (Lipinski definition) is 2. The summed E-state index contributed by atoms with van der Waals surface area (Å²) in [6.07, 6.45) is 1.03. The second kappa shape index (κ2) is 5.53. The number of imidazole rings is 1. The highest BCUT2D eigenvalue weighted by Crippen LogP contribution is 2.32. The Morgan fingerprint density at radius 1 is 1.24 bits per heavy atom. The molecule has 0 atom stereocenters. The molecule has 0 amide bonds. The van der Waals surface area contributed by atoms with Gasteiger partial charge in [-0.15, -0.1) is 0 Å². The molecule has 0 saturated heterocycles. The maximum atomic E-state index is 9.96. The summed E-state index contributed by atoms with van der Waals surface area (Å²) in [5.41, 5.74) is 3.94. The van der Waals surface area contributed by atoms with Crippen molar-refractivity contribution < 1.29 is 5.11 Å². The van der Waals surface area contributed by atoms with Gasteiger partial charge in [-0.05, 0) is 37.6 Å². The van der Waals surface area contributed by atoms with Crippen LogP contribution in [0.5, 0.6) is 5.75 Å². The van der Waals surface area contributed by atoms with Crippen LogP contribution >= 0.6 is 15.9 Å². The Morgan fingerprint density at radius 2 is 2.05 bits per heavy atom. The van der Waals surface area contributed by atoms with Gasteiger partial charge in [0.05, 0.1) is 11.0 Å². The first-order valence-electron chi connectivity index (χ1n) is 7.06. The first-order chi connectivity index (χ1) is 10.1. The highest BCUT2D eigenvalue weighted by atomic mass is 79.9. The molecule has 108 valence electrons. The summed E-state index contributed by atoms with van der Waals surface area (Å²) in [5.74, 6) is 1.22. The summed E-state index contributed by atoms with van der Waals surface area (Å²) in [6, 6.07) is 11.7. The van der Waals surface area contributed by atoms with Crippen molar-refractivity contribution in [3.63, 3.8) is 0 Å². The summed E-state index contributed by atoms with van der Waals surface area (Å²) in [4.78, 5) is 4.79. The zero-order chi connectivity index (χ0) is 15.0. The van der Waals surface area contributed by atoms with Gasteiger partial charge in [0.15, 0.2) is 0 Å². The SMILES string of the molecule is CCCn1c(-c2cccc(O)c2C)nc2cc(Br)ccc21. The molecule has 0 spiro atoms. The lowest BCUT2D eigenvalue weighted by Gasteiger charge is -2.10. The van der Waals surface area contributed by atoms with Crippen LogP contribution in [0.2, 0.25) is 0 Å². The third-order valence-corrected chi connectivity index (χ3v) is 4.20. The fraction of sp³-hybridized carbons (Fsp3) is 0.235. The van der Waals surface area contributed by atoms with Gasteiger partial charge in [0.25, 0.3) is 0 Å². The topological polar surface area (TPSA) is 38.0 Å². The number of nitrogens with zero attached hydrogens (tertiary/aromatic N) is 2. The van der Waals surface area contributed by atoms with Gasteiger partial charge in [0.2, 0.25) is 0 Å². The van der Waals surface area contributed by atoms with Crippen LogP contribution in [-0.2, 0) is 6.54 Å². The molecule has 3 nitrogen and oxygen atoms in total. The smallest absolute Gasteiger partial charge is 0.141 e. The van der Waals surface area contributed by atoms with Crippen LogP contribution < -0.4 is 0 Å². The molecule has 3 rings (SSSR count). The van der Waals surface area contributed by atoms with E-state index in [-0.39, 0.29) is 0 Å². The minimum Gasteiger partial charge on any atom is -0.508 e. The summed E-state index contributed by atoms with van der Waals surface area (Å²) in [7, 11) is 0. The zero-order valence-corrected chi connectivity index (χ0v) is 13.7. The van der Waals surface area contributed by atoms with Crippen molar-refractivity contribution in [1.82, 2.24) is 9.55 Å². The van der Waals surface area contributed by atoms with E-state index in [0.29, 0.717) is 5.75 Å². The Labute approximate surface area is 132 Å². The lowest BCUT2D eigenvalue weighted by Crippen LogP contribution is -2.00. The molecule has 0 radical (unpaired) electrons. The predicted molar refractivity (Wildman–Crippen MR) is 89.6 cm³/mol. The van der Waals surface area contributed by atoms with Crippen LogP contribution in [0.15, 0.2) is 40.9 Å². The Bertz CT molecular complexity index is 808. The van der Waals surface area contributed by atoms with Crippen molar-refractivity contribution in [2.75, 3.05) is 0 Å². The van der Waals surface area contributed by atoms with Gasteiger partial charge in [-0.3, -0.25) is 0 Å². The number of hydrogen-bond donors (Lipinski definition) is 1. The van der Waals surface area contributed by atoms with Gasteiger partial charge in [0, 0.05) is 22.1 Å². The normalized spacial score (nSPS) is 11.2. The van der Waals surface area contributed by atoms with Crippen molar-refractivity contribution in [3.8, 4) is 17.1 Å². The van der Waals surface area contributed by atoms with E-state index in [2.05, 4.69) is 33.5 Å². The van der Waals surface area contributed by atoms with E-state index in [4.69, 9.17) is 4.98 Å². The number of halogens is 1. The average molecular weight is 345 g/mol. The summed E-state index contributed by atoms with van der Waals surface area (Å²) < 4.78 is 3.25. The summed E-state index contributed by atoms with van der Waals surface area (Å²) in [5, 5.41) is 9.96. The third-order valence-electron chi connectivity index (χ3n) is 3.70. The van der Waals surface area contributed by atoms with Crippen LogP contribution in [-0.4, -0.2) is 14.7 Å². The number of benzene rings is 2. The largest absolute Gasteiger partial charge is 0.508 e. The maximum Gasteiger partial charge on any atom is 0.141 e. The molecule has 0 unspecified atom stereocenters. The quantitative estimate of drug-likeness (QED) is 0.734. The van der Waals surface area contributed by atoms with E-state index in [1.165, 1.54) is 0 Å². The molecule has 1 aromatic heterocycles. The monoisotopic (exact) mass is 344 g/mol. The standard InChI is InChI=1S/C17H17BrN2O/c1-3-9-20-15-8-7-12(18)10-14(15)19-17(20)13-5-4-6-16(21)11(13)2/h4-8,10,21H,3,9H2,1-2H3. The molecule has 0 aliphatic heterocycles. The van der Waals surface area contributed by atoms with Gasteiger partial charge < -0.3 is 9.67 Å². The average Bonchev–Trinajstić information content (AvgIpc) is 2.80. The van der Waals surface area contributed by atoms with Crippen LogP contribution in [0, 0.1) is 6.92 Å². The van der Waals surface area contributed by atoms with Crippen molar-refractivity contribution in [1.29, 1.82) is 0 Å². The second-order valence-electron chi connectivity index (χ2n) is 5.17. The minimum absolute atomic E-state index is 0.309. The van der Waals surface area contributed by atoms with Crippen LogP contribution in [0.25, 0.3) is 22.4 Å². The molecule has 1 N–H and O–H groups in total. The third kappa shape index (κ3) is 2.44. The highest BCUT2D eigenvalue weighted by molar-refractivity contribution is 9.10. The van der Waals surface area contributed by atoms with Gasteiger partial charge in [-0.1, -0.05) is 35.0 Å². The van der Waals surface area contributed by atoms with Gasteiger partial charge in [-0.25, -0.2) is 4.98 Å². The number of fused-ring (bicyclic) bond motifs is 1. The summed E-state index contributed by atoms with van der Waals surface area (Å²) in [6.45, 7) is 4.99. The van der Waals surface area contributed by atoms with Crippen LogP contribution in [0.4, 0.5) is 0 Å². The van der Waals surface area contributed by atoms with Crippen molar-refractivity contribution >= 4 is 27.0 Å². The second-order valence-corrected chi connectivity index (χ2v) is 6.09. The molecule has 2 aromatic carbocycles. The molecular weight excluding hydrogens is 328 g/mol. The first-order valence-corrected chi connectivity index (χ1v) is 7.86. The molecule has 3 aromatic rings. The van der Waals surface area contributed by atoms with E-state index in [1.807, 2.05) is 31.2 Å². The number of phenols is 1. The molecule has 0 aliphatic rings. The van der Waals surface area contributed by atoms with Gasteiger partial charge in [0.1, 0.15) is 11.6 Å². The number of aromatic nitrogens is 2. The minimum atomic E-state index is 0.309. The molecule has 0 bridgehead atoms. The van der Waals surface area contributed by atoms with E-state index in [1.54, 1.807) is 6.07 Å². The van der Waals surface area contributed by atoms with Crippen molar-refractivity contribution in [2.45, 2.75) is 26.8 Å². The van der Waals surface area contributed by atoms with Crippen LogP contribution in [0.3, 0.4) is 0 Å². The number of phenolic OH excluding ortho intramolecular Hbond substituents is 1. The van der Waals surface area contributed by atoms with Gasteiger partial charge in [-0.2, -0.15) is 0 Å². The number of aromatic hydroxyl groups is 1. The van der Waals surface area contributed by atoms with Crippen molar-refractivity contribution in [2.24, 2.45) is 0 Å². The number of rotatable bonds is 3. The predicted octanol–water partition coefficient (Wildman–Crippen LogP) is 4.89. The molecule has 0 aliphatic carbocycles. The fourth-order valence-corrected chi connectivity index (χ4v) is 2.97. The fourth-order valence-electron chi connectivity index (χ4n) is 2.62. The Hall–Kier alpha value is -1.81. The van der Waals surface area contributed by atoms with E-state index in [9.17, 15) is 5.11 Å². The lowest BCUT2D eigenvalue weighted by molar-refractivity contribution is 0.471. The lowest BCUT2D eigenvalue weighted by atomic mass is 10.1. The van der Waals surface area contributed by atoms with Crippen molar-refractivity contribution in [3.05, 3.63) is 46.4 Å². The van der Waals surface area contributed by atoms with Gasteiger partial charge >= 0.3 is 0 Å². The Balaban J connectivity index is 2.30. The summed E-state index contributed by atoms with van der Waals surface area (Å²) >= 11 is 3.50. The molecule has 0 fully saturated rings. The first kappa shape index (κ1) is 14.1.